The molecular formula is C17H13ClN2O3. The minimum absolute atomic E-state index is 0.0429. The van der Waals surface area contributed by atoms with Gasteiger partial charge >= 0.3 is 0 Å². The number of phenols is 1. The number of primary amides is 1. The predicted octanol–water partition coefficient (Wildman–Crippen LogP) is 3.43. The summed E-state index contributed by atoms with van der Waals surface area (Å²) in [4.78, 5) is 16.0. The number of aryl methyl sites for hydroxylation is 1. The van der Waals surface area contributed by atoms with E-state index in [-0.39, 0.29) is 16.9 Å². The summed E-state index contributed by atoms with van der Waals surface area (Å²) in [6.07, 6.45) is 0. The van der Waals surface area contributed by atoms with Gasteiger partial charge in [-0.15, -0.1) is 0 Å². The molecule has 3 aromatic rings. The molecule has 0 aliphatic carbocycles. The number of benzene rings is 2. The largest absolute Gasteiger partial charge is 0.508 e. The first-order chi connectivity index (χ1) is 10.9. The maximum atomic E-state index is 11.7. The van der Waals surface area contributed by atoms with Crippen molar-refractivity contribution in [2.45, 2.75) is 6.92 Å². The van der Waals surface area contributed by atoms with E-state index < -0.39 is 5.91 Å². The summed E-state index contributed by atoms with van der Waals surface area (Å²) in [6.45, 7) is 1.91. The average molecular weight is 329 g/mol. The molecule has 116 valence electrons. The number of phenolic OH excluding ortho intramolecular Hbond substituents is 1. The fourth-order valence-electron chi connectivity index (χ4n) is 2.18. The maximum absolute atomic E-state index is 11.7. The van der Waals surface area contributed by atoms with E-state index in [0.717, 1.165) is 5.56 Å². The predicted molar refractivity (Wildman–Crippen MR) is 87.8 cm³/mol. The van der Waals surface area contributed by atoms with Gasteiger partial charge in [0.1, 0.15) is 16.9 Å². The van der Waals surface area contributed by atoms with Gasteiger partial charge < -0.3 is 15.3 Å². The molecule has 0 bridgehead atoms. The lowest BCUT2D eigenvalue weighted by molar-refractivity contribution is 0.0996. The SMILES string of the molecule is Cc1ccc(N=c2oc3cc(O)ccc3cc2C(N)=O)c(Cl)c1. The van der Waals surface area contributed by atoms with Crippen LogP contribution in [0, 0.1) is 6.92 Å². The van der Waals surface area contributed by atoms with Gasteiger partial charge in [0.15, 0.2) is 0 Å². The Bertz CT molecular complexity index is 993. The Morgan fingerprint density at radius 1 is 1.22 bits per heavy atom. The average Bonchev–Trinajstić information content (AvgIpc) is 2.49. The highest BCUT2D eigenvalue weighted by Gasteiger charge is 2.10. The quantitative estimate of drug-likeness (QED) is 0.755. The highest BCUT2D eigenvalue weighted by Crippen LogP contribution is 2.25. The molecule has 0 unspecified atom stereocenters. The molecule has 2 aromatic carbocycles. The Morgan fingerprint density at radius 3 is 2.70 bits per heavy atom. The third-order valence-electron chi connectivity index (χ3n) is 3.32. The third kappa shape index (κ3) is 3.05. The van der Waals surface area contributed by atoms with Crippen molar-refractivity contribution >= 4 is 34.2 Å². The Morgan fingerprint density at radius 2 is 2.00 bits per heavy atom. The van der Waals surface area contributed by atoms with Crippen molar-refractivity contribution in [2.75, 3.05) is 0 Å². The summed E-state index contributed by atoms with van der Waals surface area (Å²) in [5.41, 5.74) is 7.43. The Hall–Kier alpha value is -2.79. The molecule has 1 heterocycles. The van der Waals surface area contributed by atoms with Crippen molar-refractivity contribution in [2.24, 2.45) is 10.7 Å². The van der Waals surface area contributed by atoms with Gasteiger partial charge in [0.2, 0.25) is 5.55 Å². The number of carbonyl (C=O) groups excluding carboxylic acids is 1. The summed E-state index contributed by atoms with van der Waals surface area (Å²) < 4.78 is 5.64. The van der Waals surface area contributed by atoms with Crippen LogP contribution >= 0.6 is 11.6 Å². The number of nitrogens with zero attached hydrogens (tertiary/aromatic N) is 1. The topological polar surface area (TPSA) is 88.8 Å². The van der Waals surface area contributed by atoms with Gasteiger partial charge in [0.25, 0.3) is 5.91 Å². The van der Waals surface area contributed by atoms with Crippen LogP contribution in [0.1, 0.15) is 15.9 Å². The van der Waals surface area contributed by atoms with E-state index in [9.17, 15) is 9.90 Å². The zero-order valence-electron chi connectivity index (χ0n) is 12.2. The second kappa shape index (κ2) is 5.78. The minimum Gasteiger partial charge on any atom is -0.508 e. The summed E-state index contributed by atoms with van der Waals surface area (Å²) >= 11 is 6.16. The molecule has 3 rings (SSSR count). The van der Waals surface area contributed by atoms with Gasteiger partial charge in [-0.2, -0.15) is 0 Å². The standard InChI is InChI=1S/C17H13ClN2O3/c1-9-2-5-14(13(18)6-9)20-17-12(16(19)22)7-10-3-4-11(21)8-15(10)23-17/h2-8,21H,1H3,(H2,19,22). The number of hydrogen-bond donors (Lipinski definition) is 2. The fraction of sp³-hybridized carbons (Fsp3) is 0.0588. The molecule has 6 heteroatoms. The van der Waals surface area contributed by atoms with E-state index in [2.05, 4.69) is 4.99 Å². The monoisotopic (exact) mass is 328 g/mol. The van der Waals surface area contributed by atoms with Crippen LogP contribution in [0.2, 0.25) is 5.02 Å². The van der Waals surface area contributed by atoms with E-state index in [1.54, 1.807) is 24.3 Å². The van der Waals surface area contributed by atoms with Crippen LogP contribution in [0.3, 0.4) is 0 Å². The van der Waals surface area contributed by atoms with E-state index >= 15 is 0 Å². The first kappa shape index (κ1) is 15.1. The van der Waals surface area contributed by atoms with Gasteiger partial charge in [-0.05, 0) is 42.8 Å². The smallest absolute Gasteiger partial charge is 0.254 e. The van der Waals surface area contributed by atoms with Crippen molar-refractivity contribution in [3.8, 4) is 5.75 Å². The Balaban J connectivity index is 2.31. The zero-order valence-corrected chi connectivity index (χ0v) is 13.0. The normalized spacial score (nSPS) is 11.8. The first-order valence-corrected chi connectivity index (χ1v) is 7.19. The summed E-state index contributed by atoms with van der Waals surface area (Å²) in [5.74, 6) is -0.613. The molecule has 0 saturated heterocycles. The number of halogens is 1. The maximum Gasteiger partial charge on any atom is 0.254 e. The lowest BCUT2D eigenvalue weighted by Gasteiger charge is -2.04. The van der Waals surface area contributed by atoms with E-state index in [4.69, 9.17) is 21.8 Å². The molecule has 1 amide bonds. The van der Waals surface area contributed by atoms with Crippen LogP contribution in [0.5, 0.6) is 5.75 Å². The van der Waals surface area contributed by atoms with Crippen LogP contribution in [-0.2, 0) is 0 Å². The number of amides is 1. The molecule has 0 radical (unpaired) electrons. The van der Waals surface area contributed by atoms with Crippen LogP contribution in [0.4, 0.5) is 5.69 Å². The summed E-state index contributed by atoms with van der Waals surface area (Å²) in [7, 11) is 0. The highest BCUT2D eigenvalue weighted by molar-refractivity contribution is 6.33. The number of rotatable bonds is 2. The van der Waals surface area contributed by atoms with Crippen molar-refractivity contribution in [1.82, 2.24) is 0 Å². The lowest BCUT2D eigenvalue weighted by Crippen LogP contribution is -2.21. The van der Waals surface area contributed by atoms with Crippen molar-refractivity contribution in [3.63, 3.8) is 0 Å². The van der Waals surface area contributed by atoms with Crippen molar-refractivity contribution < 1.29 is 14.3 Å². The second-order valence-electron chi connectivity index (χ2n) is 5.12. The molecule has 1 aromatic heterocycles. The van der Waals surface area contributed by atoms with Crippen LogP contribution < -0.4 is 11.3 Å². The zero-order chi connectivity index (χ0) is 16.6. The molecule has 0 aliphatic rings. The number of carbonyl (C=O) groups is 1. The van der Waals surface area contributed by atoms with E-state index in [0.29, 0.717) is 21.7 Å². The minimum atomic E-state index is -0.661. The highest BCUT2D eigenvalue weighted by atomic mass is 35.5. The molecular weight excluding hydrogens is 316 g/mol. The lowest BCUT2D eigenvalue weighted by atomic mass is 10.1. The number of fused-ring (bicyclic) bond motifs is 1. The molecule has 0 fully saturated rings. The number of nitrogens with two attached hydrogens (primary N) is 1. The molecule has 5 nitrogen and oxygen atoms in total. The molecule has 3 N–H and O–H groups in total. The van der Waals surface area contributed by atoms with E-state index in [1.165, 1.54) is 12.1 Å². The second-order valence-corrected chi connectivity index (χ2v) is 5.53. The number of hydrogen-bond acceptors (Lipinski definition) is 4. The summed E-state index contributed by atoms with van der Waals surface area (Å²) in [5, 5.41) is 10.6. The Labute approximate surface area is 136 Å². The summed E-state index contributed by atoms with van der Waals surface area (Å²) in [6, 6.07) is 11.5. The first-order valence-electron chi connectivity index (χ1n) is 6.81. The molecule has 0 spiro atoms. The number of aromatic hydroxyl groups is 1. The van der Waals surface area contributed by atoms with Crippen molar-refractivity contribution in [1.29, 1.82) is 0 Å². The van der Waals surface area contributed by atoms with Crippen LogP contribution in [-0.4, -0.2) is 11.0 Å². The van der Waals surface area contributed by atoms with Gasteiger partial charge in [-0.1, -0.05) is 17.7 Å². The fourth-order valence-corrected chi connectivity index (χ4v) is 2.46. The molecule has 23 heavy (non-hydrogen) atoms. The van der Waals surface area contributed by atoms with Crippen LogP contribution in [0.15, 0.2) is 51.9 Å². The van der Waals surface area contributed by atoms with Crippen LogP contribution in [0.25, 0.3) is 11.0 Å². The van der Waals surface area contributed by atoms with Gasteiger partial charge in [-0.25, -0.2) is 4.99 Å². The van der Waals surface area contributed by atoms with Gasteiger partial charge in [0, 0.05) is 11.5 Å². The van der Waals surface area contributed by atoms with Gasteiger partial charge in [0.05, 0.1) is 10.7 Å². The molecule has 0 saturated carbocycles. The van der Waals surface area contributed by atoms with E-state index in [1.807, 2.05) is 13.0 Å². The van der Waals surface area contributed by atoms with Gasteiger partial charge in [-0.3, -0.25) is 4.79 Å². The van der Waals surface area contributed by atoms with Crippen molar-refractivity contribution in [3.05, 3.63) is 64.2 Å². The molecule has 0 aliphatic heterocycles. The molecule has 0 atom stereocenters. The third-order valence-corrected chi connectivity index (χ3v) is 3.63. The Kier molecular flexibility index (Phi) is 3.80.